The summed E-state index contributed by atoms with van der Waals surface area (Å²) in [5.41, 5.74) is 1.82. The Balaban J connectivity index is 4.83. The van der Waals surface area contributed by atoms with E-state index >= 15 is 0 Å². The summed E-state index contributed by atoms with van der Waals surface area (Å²) >= 11 is 0. The molecule has 0 aromatic rings. The van der Waals surface area contributed by atoms with Crippen molar-refractivity contribution in [1.29, 1.82) is 0 Å². The zero-order valence-electron chi connectivity index (χ0n) is 7.95. The van der Waals surface area contributed by atoms with Crippen LogP contribution in [0.3, 0.4) is 0 Å². The summed E-state index contributed by atoms with van der Waals surface area (Å²) in [5.74, 6) is -0.945. The monoisotopic (exact) mass is 178 g/mol. The fraction of sp³-hybridized carbons (Fsp3) is 0.182. The Morgan fingerprint density at radius 2 is 1.92 bits per heavy atom. The second-order valence-electron chi connectivity index (χ2n) is 2.51. The van der Waals surface area contributed by atoms with Crippen LogP contribution in [-0.4, -0.2) is 11.1 Å². The van der Waals surface area contributed by atoms with Crippen LogP contribution in [0.25, 0.3) is 0 Å². The molecule has 0 heterocycles. The molecule has 0 bridgehead atoms. The lowest BCUT2D eigenvalue weighted by Crippen LogP contribution is -1.87. The molecular formula is C11H14O2. The number of hydrogen-bond donors (Lipinski definition) is 1. The van der Waals surface area contributed by atoms with Crippen LogP contribution in [0.15, 0.2) is 48.1 Å². The minimum Gasteiger partial charge on any atom is -0.478 e. The first-order valence-electron chi connectivity index (χ1n) is 3.98. The number of carboxylic acids is 1. The highest BCUT2D eigenvalue weighted by molar-refractivity contribution is 5.80. The van der Waals surface area contributed by atoms with Gasteiger partial charge in [-0.2, -0.15) is 0 Å². The molecule has 13 heavy (non-hydrogen) atoms. The van der Waals surface area contributed by atoms with Gasteiger partial charge in [-0.25, -0.2) is 4.79 Å². The number of carbonyl (C=O) groups is 1. The van der Waals surface area contributed by atoms with Crippen LogP contribution in [0.4, 0.5) is 0 Å². The van der Waals surface area contributed by atoms with Crippen LogP contribution in [0.2, 0.25) is 0 Å². The number of allylic oxidation sites excluding steroid dienone is 6. The van der Waals surface area contributed by atoms with E-state index in [4.69, 9.17) is 5.11 Å². The van der Waals surface area contributed by atoms with Gasteiger partial charge >= 0.3 is 5.97 Å². The van der Waals surface area contributed by atoms with Crippen molar-refractivity contribution in [2.24, 2.45) is 0 Å². The highest BCUT2D eigenvalue weighted by Crippen LogP contribution is 2.08. The fourth-order valence-corrected chi connectivity index (χ4v) is 0.777. The molecule has 70 valence electrons. The maximum absolute atomic E-state index is 10.3. The Labute approximate surface area is 78.6 Å². The molecule has 1 N–H and O–H groups in total. The zero-order chi connectivity index (χ0) is 10.3. The minimum atomic E-state index is -0.945. The minimum absolute atomic E-state index is 0.861. The van der Waals surface area contributed by atoms with Gasteiger partial charge in [-0.15, -0.1) is 0 Å². The lowest BCUT2D eigenvalue weighted by Gasteiger charge is -1.96. The summed E-state index contributed by atoms with van der Waals surface area (Å²) in [6.45, 7) is 7.38. The van der Waals surface area contributed by atoms with E-state index in [1.54, 1.807) is 12.2 Å². The number of hydrogen-bond acceptors (Lipinski definition) is 1. The van der Waals surface area contributed by atoms with Gasteiger partial charge in [0.15, 0.2) is 0 Å². The third-order valence-electron chi connectivity index (χ3n) is 1.51. The summed E-state index contributed by atoms with van der Waals surface area (Å²) < 4.78 is 0. The SMILES string of the molecule is C=C/C(C)=C(\C=C/C)/C=C/C(=O)O. The van der Waals surface area contributed by atoms with Crippen LogP contribution < -0.4 is 0 Å². The van der Waals surface area contributed by atoms with Gasteiger partial charge in [-0.05, 0) is 31.1 Å². The maximum atomic E-state index is 10.3. The lowest BCUT2D eigenvalue weighted by molar-refractivity contribution is -0.131. The molecule has 0 amide bonds. The quantitative estimate of drug-likeness (QED) is 0.531. The van der Waals surface area contributed by atoms with Crippen LogP contribution >= 0.6 is 0 Å². The summed E-state index contributed by atoms with van der Waals surface area (Å²) in [4.78, 5) is 10.3. The van der Waals surface area contributed by atoms with E-state index in [0.29, 0.717) is 0 Å². The van der Waals surface area contributed by atoms with Gasteiger partial charge in [0, 0.05) is 6.08 Å². The molecule has 0 spiro atoms. The standard InChI is InChI=1S/C11H14O2/c1-4-6-10(9(3)5-2)7-8-11(12)13/h4-8H,2H2,1,3H3,(H,12,13)/b6-4-,8-7+,10-9+. The summed E-state index contributed by atoms with van der Waals surface area (Å²) in [7, 11) is 0. The van der Waals surface area contributed by atoms with Crippen molar-refractivity contribution in [2.75, 3.05) is 0 Å². The average Bonchev–Trinajstić information content (AvgIpc) is 2.10. The van der Waals surface area contributed by atoms with Crippen LogP contribution in [0.1, 0.15) is 13.8 Å². The number of aliphatic carboxylic acids is 1. The first-order chi connectivity index (χ1) is 6.11. The van der Waals surface area contributed by atoms with Crippen LogP contribution in [0.5, 0.6) is 0 Å². The molecule has 0 unspecified atom stereocenters. The van der Waals surface area contributed by atoms with Crippen molar-refractivity contribution >= 4 is 5.97 Å². The van der Waals surface area contributed by atoms with E-state index in [2.05, 4.69) is 6.58 Å². The predicted octanol–water partition coefficient (Wildman–Crippen LogP) is 2.71. The second-order valence-corrected chi connectivity index (χ2v) is 2.51. The van der Waals surface area contributed by atoms with Gasteiger partial charge < -0.3 is 5.11 Å². The van der Waals surface area contributed by atoms with Crippen molar-refractivity contribution in [3.8, 4) is 0 Å². The molecular weight excluding hydrogens is 164 g/mol. The summed E-state index contributed by atoms with van der Waals surface area (Å²) in [6.07, 6.45) is 8.06. The molecule has 0 aromatic carbocycles. The van der Waals surface area contributed by atoms with E-state index in [1.807, 2.05) is 26.0 Å². The molecule has 0 aliphatic rings. The Morgan fingerprint density at radius 1 is 1.31 bits per heavy atom. The third kappa shape index (κ3) is 4.80. The molecule has 2 heteroatoms. The molecule has 0 aliphatic heterocycles. The maximum Gasteiger partial charge on any atom is 0.328 e. The molecule has 0 rings (SSSR count). The van der Waals surface area contributed by atoms with Gasteiger partial charge in [0.1, 0.15) is 0 Å². The first kappa shape index (κ1) is 11.4. The molecule has 0 saturated carbocycles. The van der Waals surface area contributed by atoms with Gasteiger partial charge in [0.2, 0.25) is 0 Å². The second kappa shape index (κ2) is 6.00. The smallest absolute Gasteiger partial charge is 0.328 e. The molecule has 0 atom stereocenters. The molecule has 0 saturated heterocycles. The molecule has 0 aromatic heterocycles. The van der Waals surface area contributed by atoms with Crippen molar-refractivity contribution in [3.63, 3.8) is 0 Å². The summed E-state index contributed by atoms with van der Waals surface area (Å²) in [5, 5.41) is 8.43. The number of carboxylic acid groups (broad SMARTS) is 1. The Kier molecular flexibility index (Phi) is 5.28. The topological polar surface area (TPSA) is 37.3 Å². The largest absolute Gasteiger partial charge is 0.478 e. The van der Waals surface area contributed by atoms with Crippen molar-refractivity contribution in [3.05, 3.63) is 48.1 Å². The third-order valence-corrected chi connectivity index (χ3v) is 1.51. The average molecular weight is 178 g/mol. The van der Waals surface area contributed by atoms with Gasteiger partial charge in [0.05, 0.1) is 0 Å². The Morgan fingerprint density at radius 3 is 2.31 bits per heavy atom. The van der Waals surface area contributed by atoms with Crippen molar-refractivity contribution in [2.45, 2.75) is 13.8 Å². The zero-order valence-corrected chi connectivity index (χ0v) is 7.95. The van der Waals surface area contributed by atoms with Crippen LogP contribution in [-0.2, 0) is 4.79 Å². The summed E-state index contributed by atoms with van der Waals surface area (Å²) in [6, 6.07) is 0. The highest BCUT2D eigenvalue weighted by atomic mass is 16.4. The van der Waals surface area contributed by atoms with Crippen LogP contribution in [0, 0.1) is 0 Å². The Hall–Kier alpha value is -1.57. The Bertz CT molecular complexity index is 280. The molecule has 0 fully saturated rings. The molecule has 0 aliphatic carbocycles. The molecule has 2 nitrogen and oxygen atoms in total. The molecule has 0 radical (unpaired) electrons. The van der Waals surface area contributed by atoms with Gasteiger partial charge in [0.25, 0.3) is 0 Å². The van der Waals surface area contributed by atoms with E-state index in [9.17, 15) is 4.79 Å². The fourth-order valence-electron chi connectivity index (χ4n) is 0.777. The highest BCUT2D eigenvalue weighted by Gasteiger charge is 1.92. The normalized spacial score (nSPS) is 13.4. The first-order valence-corrected chi connectivity index (χ1v) is 3.98. The van der Waals surface area contributed by atoms with E-state index in [-0.39, 0.29) is 0 Å². The van der Waals surface area contributed by atoms with E-state index < -0.39 is 5.97 Å². The van der Waals surface area contributed by atoms with Crippen molar-refractivity contribution in [1.82, 2.24) is 0 Å². The van der Waals surface area contributed by atoms with E-state index in [1.165, 1.54) is 0 Å². The predicted molar refractivity (Wildman–Crippen MR) is 54.5 cm³/mol. The van der Waals surface area contributed by atoms with Crippen molar-refractivity contribution < 1.29 is 9.90 Å². The van der Waals surface area contributed by atoms with Gasteiger partial charge in [-0.1, -0.05) is 24.8 Å². The number of rotatable bonds is 4. The van der Waals surface area contributed by atoms with Gasteiger partial charge in [-0.3, -0.25) is 0 Å². The van der Waals surface area contributed by atoms with E-state index in [0.717, 1.165) is 17.2 Å². The lowest BCUT2D eigenvalue weighted by atomic mass is 10.1.